The number of rotatable bonds is 6. The minimum atomic E-state index is -1.32. The molecule has 0 aliphatic rings. The van der Waals surface area contributed by atoms with Gasteiger partial charge in [-0.05, 0) is 36.2 Å². The molecule has 1 atom stereocenters. The van der Waals surface area contributed by atoms with E-state index >= 15 is 0 Å². The lowest BCUT2D eigenvalue weighted by Gasteiger charge is -2.27. The number of methoxy groups -OCH3 is 1. The van der Waals surface area contributed by atoms with Crippen molar-refractivity contribution in [3.8, 4) is 28.4 Å². The van der Waals surface area contributed by atoms with Crippen molar-refractivity contribution in [2.45, 2.75) is 18.9 Å². The van der Waals surface area contributed by atoms with Crippen LogP contribution in [0.5, 0.6) is 6.01 Å². The van der Waals surface area contributed by atoms with Crippen molar-refractivity contribution in [3.05, 3.63) is 72.7 Å². The number of aliphatic hydroxyl groups is 1. The van der Waals surface area contributed by atoms with Gasteiger partial charge in [-0.1, -0.05) is 6.92 Å². The van der Waals surface area contributed by atoms with Crippen LogP contribution in [0.3, 0.4) is 0 Å². The molecule has 0 fully saturated rings. The third-order valence-electron chi connectivity index (χ3n) is 5.83. The average molecular weight is 441 g/mol. The number of aryl methyl sites for hydroxylation is 1. The molecule has 33 heavy (non-hydrogen) atoms. The molecule has 9 heteroatoms. The van der Waals surface area contributed by atoms with Gasteiger partial charge in [0.05, 0.1) is 24.7 Å². The molecule has 0 aliphatic carbocycles. The third-order valence-corrected chi connectivity index (χ3v) is 5.83. The fourth-order valence-corrected chi connectivity index (χ4v) is 3.97. The first kappa shape index (κ1) is 20.8. The molecule has 5 aromatic heterocycles. The highest BCUT2D eigenvalue weighted by Crippen LogP contribution is 2.36. The van der Waals surface area contributed by atoms with Crippen molar-refractivity contribution < 1.29 is 9.84 Å². The van der Waals surface area contributed by atoms with E-state index in [1.165, 1.54) is 7.11 Å². The zero-order valence-corrected chi connectivity index (χ0v) is 18.5. The molecule has 5 heterocycles. The van der Waals surface area contributed by atoms with Crippen LogP contribution in [0.2, 0.25) is 0 Å². The summed E-state index contributed by atoms with van der Waals surface area (Å²) in [6.45, 7) is 1.91. The van der Waals surface area contributed by atoms with Crippen molar-refractivity contribution in [3.63, 3.8) is 0 Å². The predicted octanol–water partition coefficient (Wildman–Crippen LogP) is 3.47. The molecule has 0 bridgehead atoms. The van der Waals surface area contributed by atoms with Crippen molar-refractivity contribution >= 4 is 11.0 Å². The standard InChI is InChI=1S/C24H23N7O2/c1-4-24(32,17-5-7-25-8-6-17)21-10-20(29-23(30-21)33-3)19-13-27-22-18(19)9-15(11-26-22)16-12-28-31(2)14-16/h5-14,32H,4H2,1-3H3,(H,26,27). The zero-order valence-electron chi connectivity index (χ0n) is 18.5. The zero-order chi connectivity index (χ0) is 23.0. The van der Waals surface area contributed by atoms with Crippen LogP contribution in [0.4, 0.5) is 0 Å². The molecular formula is C24H23N7O2. The molecule has 166 valence electrons. The molecule has 0 spiro atoms. The number of nitrogens with zero attached hydrogens (tertiary/aromatic N) is 6. The Hall–Kier alpha value is -4.11. The van der Waals surface area contributed by atoms with E-state index in [-0.39, 0.29) is 6.01 Å². The first-order chi connectivity index (χ1) is 16.0. The Morgan fingerprint density at radius 2 is 1.94 bits per heavy atom. The van der Waals surface area contributed by atoms with E-state index in [0.29, 0.717) is 23.4 Å². The molecule has 1 unspecified atom stereocenters. The van der Waals surface area contributed by atoms with E-state index < -0.39 is 5.60 Å². The number of pyridine rings is 2. The molecule has 0 saturated heterocycles. The molecule has 0 amide bonds. The van der Waals surface area contributed by atoms with Crippen LogP contribution in [-0.2, 0) is 12.6 Å². The number of H-pyrrole nitrogens is 1. The van der Waals surface area contributed by atoms with E-state index in [4.69, 9.17) is 4.74 Å². The second kappa shape index (κ2) is 8.10. The molecule has 0 aromatic carbocycles. The predicted molar refractivity (Wildman–Crippen MR) is 123 cm³/mol. The van der Waals surface area contributed by atoms with Crippen LogP contribution in [0, 0.1) is 0 Å². The Bertz CT molecular complexity index is 1430. The Kier molecular flexibility index (Phi) is 5.10. The van der Waals surface area contributed by atoms with Crippen molar-refractivity contribution in [1.29, 1.82) is 0 Å². The van der Waals surface area contributed by atoms with Crippen LogP contribution in [0.25, 0.3) is 33.4 Å². The van der Waals surface area contributed by atoms with Gasteiger partial charge in [0.15, 0.2) is 0 Å². The molecule has 0 radical (unpaired) electrons. The number of ether oxygens (including phenoxy) is 1. The van der Waals surface area contributed by atoms with Crippen LogP contribution in [0.15, 0.2) is 61.4 Å². The first-order valence-electron chi connectivity index (χ1n) is 10.5. The van der Waals surface area contributed by atoms with Crippen LogP contribution in [0.1, 0.15) is 24.6 Å². The highest BCUT2D eigenvalue weighted by Gasteiger charge is 2.32. The fourth-order valence-electron chi connectivity index (χ4n) is 3.97. The minimum Gasteiger partial charge on any atom is -0.467 e. The van der Waals surface area contributed by atoms with Crippen molar-refractivity contribution in [2.75, 3.05) is 7.11 Å². The molecule has 2 N–H and O–H groups in total. The summed E-state index contributed by atoms with van der Waals surface area (Å²) in [5, 5.41) is 16.8. The summed E-state index contributed by atoms with van der Waals surface area (Å²) in [5.74, 6) is 0. The maximum Gasteiger partial charge on any atom is 0.317 e. The maximum atomic E-state index is 11.6. The minimum absolute atomic E-state index is 0.175. The fraction of sp³-hybridized carbons (Fsp3) is 0.208. The highest BCUT2D eigenvalue weighted by atomic mass is 16.5. The monoisotopic (exact) mass is 441 g/mol. The van der Waals surface area contributed by atoms with Crippen molar-refractivity contribution in [2.24, 2.45) is 7.05 Å². The van der Waals surface area contributed by atoms with Gasteiger partial charge >= 0.3 is 6.01 Å². The van der Waals surface area contributed by atoms with Gasteiger partial charge in [0.1, 0.15) is 11.2 Å². The van der Waals surface area contributed by atoms with E-state index in [9.17, 15) is 5.11 Å². The van der Waals surface area contributed by atoms with Crippen LogP contribution < -0.4 is 4.74 Å². The number of hydrogen-bond acceptors (Lipinski definition) is 7. The third kappa shape index (κ3) is 3.62. The molecular weight excluding hydrogens is 418 g/mol. The summed E-state index contributed by atoms with van der Waals surface area (Å²) >= 11 is 0. The van der Waals surface area contributed by atoms with E-state index in [2.05, 4.69) is 30.0 Å². The second-order valence-electron chi connectivity index (χ2n) is 7.80. The summed E-state index contributed by atoms with van der Waals surface area (Å²) in [6.07, 6.45) is 11.1. The lowest BCUT2D eigenvalue weighted by molar-refractivity contribution is 0.0709. The smallest absolute Gasteiger partial charge is 0.317 e. The SMILES string of the molecule is CCC(O)(c1ccncc1)c1cc(-c2c[nH]c3ncc(-c4cnn(C)c4)cc23)nc(OC)n1. The quantitative estimate of drug-likeness (QED) is 0.415. The van der Waals surface area contributed by atoms with Gasteiger partial charge in [0.2, 0.25) is 0 Å². The topological polar surface area (TPSA) is 115 Å². The van der Waals surface area contributed by atoms with Gasteiger partial charge in [-0.2, -0.15) is 15.1 Å². The van der Waals surface area contributed by atoms with Gasteiger partial charge in [-0.25, -0.2) is 4.98 Å². The number of aromatic nitrogens is 7. The Balaban J connectivity index is 1.67. The molecule has 5 aromatic rings. The van der Waals surface area contributed by atoms with Gasteiger partial charge < -0.3 is 14.8 Å². The van der Waals surface area contributed by atoms with E-state index in [1.54, 1.807) is 41.5 Å². The van der Waals surface area contributed by atoms with E-state index in [0.717, 1.165) is 27.7 Å². The van der Waals surface area contributed by atoms with Gasteiger partial charge in [0, 0.05) is 60.1 Å². The number of nitrogens with one attached hydrogen (secondary N) is 1. The molecule has 5 rings (SSSR count). The lowest BCUT2D eigenvalue weighted by atomic mass is 9.87. The summed E-state index contributed by atoms with van der Waals surface area (Å²) in [7, 11) is 3.39. The number of hydrogen-bond donors (Lipinski definition) is 2. The Labute approximate surface area is 190 Å². The second-order valence-corrected chi connectivity index (χ2v) is 7.80. The van der Waals surface area contributed by atoms with Gasteiger partial charge in [0.25, 0.3) is 0 Å². The molecule has 0 aliphatic heterocycles. The Morgan fingerprint density at radius 1 is 1.12 bits per heavy atom. The summed E-state index contributed by atoms with van der Waals surface area (Å²) in [5.41, 5.74) is 3.93. The summed E-state index contributed by atoms with van der Waals surface area (Å²) in [6, 6.07) is 7.59. The highest BCUT2D eigenvalue weighted by molar-refractivity contribution is 5.95. The summed E-state index contributed by atoms with van der Waals surface area (Å²) < 4.78 is 7.15. The van der Waals surface area contributed by atoms with Crippen molar-refractivity contribution in [1.82, 2.24) is 34.7 Å². The van der Waals surface area contributed by atoms with Crippen LogP contribution >= 0.6 is 0 Å². The first-order valence-corrected chi connectivity index (χ1v) is 10.5. The summed E-state index contributed by atoms with van der Waals surface area (Å²) in [4.78, 5) is 20.9. The number of fused-ring (bicyclic) bond motifs is 1. The average Bonchev–Trinajstić information content (AvgIpc) is 3.49. The normalized spacial score (nSPS) is 13.2. The maximum absolute atomic E-state index is 11.6. The lowest BCUT2D eigenvalue weighted by Crippen LogP contribution is -2.28. The molecule has 9 nitrogen and oxygen atoms in total. The molecule has 0 saturated carbocycles. The van der Waals surface area contributed by atoms with Gasteiger partial charge in [-0.3, -0.25) is 9.67 Å². The Morgan fingerprint density at radius 3 is 2.64 bits per heavy atom. The van der Waals surface area contributed by atoms with Gasteiger partial charge in [-0.15, -0.1) is 0 Å². The largest absolute Gasteiger partial charge is 0.467 e. The van der Waals surface area contributed by atoms with Crippen LogP contribution in [-0.4, -0.2) is 46.9 Å². The number of aromatic amines is 1. The van der Waals surface area contributed by atoms with E-state index in [1.807, 2.05) is 38.6 Å².